The summed E-state index contributed by atoms with van der Waals surface area (Å²) < 4.78 is 42.5. The molecule has 3 aromatic rings. The summed E-state index contributed by atoms with van der Waals surface area (Å²) in [4.78, 5) is 16.3. The zero-order chi connectivity index (χ0) is 23.7. The monoisotopic (exact) mass is 463 g/mol. The van der Waals surface area contributed by atoms with Crippen LogP contribution in [-0.2, 0) is 6.54 Å². The van der Waals surface area contributed by atoms with Gasteiger partial charge in [0.1, 0.15) is 5.82 Å². The molecule has 7 N–H and O–H groups in total. The van der Waals surface area contributed by atoms with Gasteiger partial charge in [-0.15, -0.1) is 0 Å². The van der Waals surface area contributed by atoms with Crippen LogP contribution in [0.4, 0.5) is 42.3 Å². The van der Waals surface area contributed by atoms with Gasteiger partial charge in [-0.1, -0.05) is 12.1 Å². The summed E-state index contributed by atoms with van der Waals surface area (Å²) in [5.74, 6) is 0.687. The molecule has 33 heavy (non-hydrogen) atoms. The fraction of sp³-hybridized carbons (Fsp3) is 0.300. The molecule has 2 heterocycles. The number of rotatable bonds is 11. The number of hydrogen-bond donors (Lipinski definition) is 5. The average Bonchev–Trinajstić information content (AvgIpc) is 2.78. The Morgan fingerprint density at radius 1 is 0.939 bits per heavy atom. The van der Waals surface area contributed by atoms with E-state index < -0.39 is 18.8 Å². The van der Waals surface area contributed by atoms with Crippen molar-refractivity contribution < 1.29 is 17.9 Å². The molecule has 0 aliphatic heterocycles. The summed E-state index contributed by atoms with van der Waals surface area (Å²) in [6, 6.07) is 10.1. The number of hydrogen-bond acceptors (Lipinski definition) is 10. The van der Waals surface area contributed by atoms with Crippen molar-refractivity contribution in [1.82, 2.24) is 19.9 Å². The van der Waals surface area contributed by atoms with Crippen molar-refractivity contribution in [3.63, 3.8) is 0 Å². The number of alkyl halides is 3. The first-order chi connectivity index (χ1) is 15.8. The zero-order valence-electron chi connectivity index (χ0n) is 17.6. The highest BCUT2D eigenvalue weighted by atomic mass is 19.4. The molecule has 0 atom stereocenters. The van der Waals surface area contributed by atoms with Gasteiger partial charge in [-0.2, -0.15) is 28.1 Å². The Bertz CT molecular complexity index is 1010. The molecular weight excluding hydrogens is 439 g/mol. The molecule has 0 unspecified atom stereocenters. The van der Waals surface area contributed by atoms with Crippen molar-refractivity contribution in [2.75, 3.05) is 41.4 Å². The van der Waals surface area contributed by atoms with Crippen LogP contribution in [0.25, 0.3) is 0 Å². The van der Waals surface area contributed by atoms with Crippen molar-refractivity contribution in [2.24, 2.45) is 5.73 Å². The Morgan fingerprint density at radius 3 is 2.36 bits per heavy atom. The molecule has 3 rings (SSSR count). The van der Waals surface area contributed by atoms with E-state index in [1.165, 1.54) is 6.20 Å². The average molecular weight is 463 g/mol. The third kappa shape index (κ3) is 8.29. The van der Waals surface area contributed by atoms with E-state index in [2.05, 4.69) is 35.9 Å². The molecule has 10 nitrogen and oxygen atoms in total. The van der Waals surface area contributed by atoms with Crippen LogP contribution in [0, 0.1) is 0 Å². The second kappa shape index (κ2) is 11.1. The fourth-order valence-electron chi connectivity index (χ4n) is 2.54. The van der Waals surface area contributed by atoms with E-state index in [-0.39, 0.29) is 11.9 Å². The minimum atomic E-state index is -4.53. The number of nitrogens with two attached hydrogens (primary N) is 2. The molecule has 0 saturated heterocycles. The predicted molar refractivity (Wildman–Crippen MR) is 119 cm³/mol. The van der Waals surface area contributed by atoms with Gasteiger partial charge in [0.15, 0.2) is 6.61 Å². The third-order valence-corrected chi connectivity index (χ3v) is 4.12. The van der Waals surface area contributed by atoms with Gasteiger partial charge in [-0.25, -0.2) is 4.98 Å². The van der Waals surface area contributed by atoms with Crippen LogP contribution in [0.1, 0.15) is 12.0 Å². The lowest BCUT2D eigenvalue weighted by atomic mass is 10.2. The quantitative estimate of drug-likeness (QED) is 0.212. The fourth-order valence-corrected chi connectivity index (χ4v) is 2.54. The summed E-state index contributed by atoms with van der Waals surface area (Å²) in [6.07, 6.45) is -2.19. The maximum absolute atomic E-state index is 12.6. The van der Waals surface area contributed by atoms with E-state index in [9.17, 15) is 13.2 Å². The van der Waals surface area contributed by atoms with E-state index >= 15 is 0 Å². The van der Waals surface area contributed by atoms with Gasteiger partial charge < -0.3 is 32.2 Å². The molecule has 0 bridgehead atoms. The summed E-state index contributed by atoms with van der Waals surface area (Å²) in [5, 5.41) is 8.95. The van der Waals surface area contributed by atoms with Gasteiger partial charge in [0, 0.05) is 18.8 Å². The number of nitrogen functional groups attached to an aromatic ring is 1. The molecule has 0 spiro atoms. The molecule has 0 amide bonds. The topological polar surface area (TPSA) is 149 Å². The van der Waals surface area contributed by atoms with Crippen LogP contribution < -0.4 is 32.2 Å². The van der Waals surface area contributed by atoms with Crippen molar-refractivity contribution in [3.8, 4) is 6.01 Å². The number of halogens is 3. The van der Waals surface area contributed by atoms with Gasteiger partial charge in [0.2, 0.25) is 11.9 Å². The van der Waals surface area contributed by atoms with Crippen LogP contribution in [0.3, 0.4) is 0 Å². The highest BCUT2D eigenvalue weighted by molar-refractivity contribution is 5.55. The first kappa shape index (κ1) is 23.8. The lowest BCUT2D eigenvalue weighted by molar-refractivity contribution is -0.154. The molecule has 0 saturated carbocycles. The Labute approximate surface area is 188 Å². The molecule has 2 aromatic heterocycles. The van der Waals surface area contributed by atoms with E-state index in [1.807, 2.05) is 0 Å². The van der Waals surface area contributed by atoms with Gasteiger partial charge in [0.25, 0.3) is 0 Å². The molecular formula is C20H24F3N9O. The summed E-state index contributed by atoms with van der Waals surface area (Å²) in [5.41, 5.74) is 13.1. The molecule has 1 aromatic carbocycles. The zero-order valence-corrected chi connectivity index (χ0v) is 17.6. The second-order valence-electron chi connectivity index (χ2n) is 6.89. The lowest BCUT2D eigenvalue weighted by Crippen LogP contribution is -2.21. The largest absolute Gasteiger partial charge is 0.454 e. The van der Waals surface area contributed by atoms with Crippen molar-refractivity contribution >= 4 is 29.1 Å². The summed E-state index contributed by atoms with van der Waals surface area (Å²) in [7, 11) is 0. The van der Waals surface area contributed by atoms with Crippen molar-refractivity contribution in [3.05, 3.63) is 48.2 Å². The number of aromatic nitrogens is 4. The van der Waals surface area contributed by atoms with E-state index in [0.717, 1.165) is 12.0 Å². The molecule has 0 radical (unpaired) electrons. The molecule has 0 fully saturated rings. The Balaban J connectivity index is 1.72. The van der Waals surface area contributed by atoms with Crippen LogP contribution in [0.2, 0.25) is 0 Å². The van der Waals surface area contributed by atoms with E-state index in [1.54, 1.807) is 36.4 Å². The number of anilines is 5. The SMILES string of the molecule is NCCCNc1ccc(Nc2nc(NCc3ccc(N)cc3)nc(OCC(F)(F)F)n2)cn1. The highest BCUT2D eigenvalue weighted by Gasteiger charge is 2.29. The standard InChI is InChI=1S/C20H24F3N9O/c21-20(22,23)12-33-19-31-17(28-10-13-2-4-14(25)5-3-13)30-18(32-19)29-15-6-7-16(27-11-15)26-9-1-8-24/h2-7,11H,1,8-10,12,24-25H2,(H,26,27)(H2,28,29,30,31,32). The van der Waals surface area contributed by atoms with Gasteiger partial charge in [0.05, 0.1) is 11.9 Å². The van der Waals surface area contributed by atoms with Crippen LogP contribution in [0.5, 0.6) is 6.01 Å². The molecule has 13 heteroatoms. The van der Waals surface area contributed by atoms with E-state index in [0.29, 0.717) is 36.8 Å². The summed E-state index contributed by atoms with van der Waals surface area (Å²) >= 11 is 0. The van der Waals surface area contributed by atoms with E-state index in [4.69, 9.17) is 16.2 Å². The molecule has 0 aliphatic carbocycles. The maximum atomic E-state index is 12.6. The smallest absolute Gasteiger partial charge is 0.422 e. The molecule has 0 aliphatic rings. The van der Waals surface area contributed by atoms with Gasteiger partial charge >= 0.3 is 12.2 Å². The van der Waals surface area contributed by atoms with Crippen molar-refractivity contribution in [1.29, 1.82) is 0 Å². The predicted octanol–water partition coefficient (Wildman–Crippen LogP) is 2.91. The number of nitrogens with zero attached hydrogens (tertiary/aromatic N) is 4. The summed E-state index contributed by atoms with van der Waals surface area (Å²) in [6.45, 7) is 0.0396. The number of nitrogens with one attached hydrogen (secondary N) is 3. The number of pyridine rings is 1. The number of benzene rings is 1. The van der Waals surface area contributed by atoms with Gasteiger partial charge in [-0.3, -0.25) is 0 Å². The third-order valence-electron chi connectivity index (χ3n) is 4.12. The maximum Gasteiger partial charge on any atom is 0.422 e. The molecule has 176 valence electrons. The van der Waals surface area contributed by atoms with Crippen molar-refractivity contribution in [2.45, 2.75) is 19.1 Å². The first-order valence-electron chi connectivity index (χ1n) is 10.0. The minimum Gasteiger partial charge on any atom is -0.454 e. The Hall–Kier alpha value is -3.87. The Kier molecular flexibility index (Phi) is 8.02. The van der Waals surface area contributed by atoms with Crippen LogP contribution in [-0.4, -0.2) is 45.8 Å². The minimum absolute atomic E-state index is 0.00683. The highest BCUT2D eigenvalue weighted by Crippen LogP contribution is 2.20. The Morgan fingerprint density at radius 2 is 1.70 bits per heavy atom. The normalized spacial score (nSPS) is 11.2. The van der Waals surface area contributed by atoms with Gasteiger partial charge in [-0.05, 0) is 42.8 Å². The van der Waals surface area contributed by atoms with Crippen LogP contribution in [0.15, 0.2) is 42.6 Å². The second-order valence-corrected chi connectivity index (χ2v) is 6.89. The lowest BCUT2D eigenvalue weighted by Gasteiger charge is -2.12. The first-order valence-corrected chi connectivity index (χ1v) is 10.0. The number of ether oxygens (including phenoxy) is 1. The van der Waals surface area contributed by atoms with Crippen LogP contribution >= 0.6 is 0 Å².